The SMILES string of the molecule is [CH2]C(COC(=O)CCC(OCCCC/C=C\CC)OCCCC/C=C\CC)COC(=O)OCC(CCCCCC)OC(=O)NCCN1CCCC1. The smallest absolute Gasteiger partial charge is 0.465 e. The fourth-order valence-corrected chi connectivity index (χ4v) is 5.39. The molecule has 1 rings (SSSR count). The first-order valence-corrected chi connectivity index (χ1v) is 19.9. The van der Waals surface area contributed by atoms with Gasteiger partial charge in [-0.05, 0) is 97.1 Å². The molecule has 0 aromatic rings. The number of alkyl carbamates (subject to hydrolysis) is 1. The molecule has 1 saturated heterocycles. The van der Waals surface area contributed by atoms with E-state index in [0.717, 1.165) is 96.7 Å². The summed E-state index contributed by atoms with van der Waals surface area (Å²) < 4.78 is 33.4. The number of esters is 1. The molecule has 0 aliphatic carbocycles. The van der Waals surface area contributed by atoms with Crippen LogP contribution >= 0.6 is 0 Å². The van der Waals surface area contributed by atoms with E-state index in [1.54, 1.807) is 0 Å². The highest BCUT2D eigenvalue weighted by Crippen LogP contribution is 2.13. The monoisotopic (exact) mass is 724 g/mol. The zero-order valence-electron chi connectivity index (χ0n) is 32.3. The number of carbonyl (C=O) groups excluding carboxylic acids is 3. The van der Waals surface area contributed by atoms with Crippen LogP contribution in [0.15, 0.2) is 24.3 Å². The summed E-state index contributed by atoms with van der Waals surface area (Å²) in [6.45, 7) is 14.7. The number of amides is 1. The Morgan fingerprint density at radius 3 is 2.00 bits per heavy atom. The van der Waals surface area contributed by atoms with Crippen LogP contribution in [0, 0.1) is 12.8 Å². The summed E-state index contributed by atoms with van der Waals surface area (Å²) in [6, 6.07) is 0. The van der Waals surface area contributed by atoms with Crippen LogP contribution in [-0.2, 0) is 33.2 Å². The van der Waals surface area contributed by atoms with Gasteiger partial charge in [-0.1, -0.05) is 64.3 Å². The molecule has 2 atom stereocenters. The third kappa shape index (κ3) is 28.6. The molecule has 0 saturated carbocycles. The third-order valence-electron chi connectivity index (χ3n) is 8.38. The molecule has 0 aromatic carbocycles. The average molecular weight is 724 g/mol. The van der Waals surface area contributed by atoms with Crippen LogP contribution in [0.1, 0.15) is 130 Å². The Kier molecular flexibility index (Phi) is 30.2. The molecule has 2 unspecified atom stereocenters. The number of carbonyl (C=O) groups is 3. The molecule has 0 aromatic heterocycles. The van der Waals surface area contributed by atoms with E-state index in [0.29, 0.717) is 32.6 Å². The van der Waals surface area contributed by atoms with Crippen molar-refractivity contribution >= 4 is 18.2 Å². The van der Waals surface area contributed by atoms with Crippen molar-refractivity contribution in [2.75, 3.05) is 59.2 Å². The largest absolute Gasteiger partial charge is 0.508 e. The quantitative estimate of drug-likeness (QED) is 0.0237. The Balaban J connectivity index is 2.37. The second kappa shape index (κ2) is 33.2. The topological polar surface area (TPSA) is 122 Å². The maximum atomic E-state index is 12.5. The first-order chi connectivity index (χ1) is 24.9. The van der Waals surface area contributed by atoms with Gasteiger partial charge in [0.05, 0.1) is 13.0 Å². The van der Waals surface area contributed by atoms with Gasteiger partial charge < -0.3 is 38.6 Å². The van der Waals surface area contributed by atoms with Crippen molar-refractivity contribution in [2.24, 2.45) is 5.92 Å². The second-order valence-corrected chi connectivity index (χ2v) is 13.2. The van der Waals surface area contributed by atoms with E-state index in [1.165, 1.54) is 12.8 Å². The van der Waals surface area contributed by atoms with Gasteiger partial charge in [0.1, 0.15) is 19.3 Å². The molecule has 1 aliphatic rings. The molecule has 1 N–H and O–H groups in total. The van der Waals surface area contributed by atoms with Gasteiger partial charge in [-0.3, -0.25) is 4.79 Å². The summed E-state index contributed by atoms with van der Waals surface area (Å²) in [7, 11) is 0. The van der Waals surface area contributed by atoms with Crippen molar-refractivity contribution in [3.05, 3.63) is 31.2 Å². The summed E-state index contributed by atoms with van der Waals surface area (Å²) in [5, 5.41) is 2.80. The number of allylic oxidation sites excluding steroid dienone is 4. The number of hydrogen-bond donors (Lipinski definition) is 1. The lowest BCUT2D eigenvalue weighted by molar-refractivity contribution is -0.160. The van der Waals surface area contributed by atoms with Crippen LogP contribution in [0.2, 0.25) is 0 Å². The van der Waals surface area contributed by atoms with Crippen molar-refractivity contribution in [1.82, 2.24) is 10.2 Å². The predicted octanol–water partition coefficient (Wildman–Crippen LogP) is 8.71. The van der Waals surface area contributed by atoms with Gasteiger partial charge in [0.2, 0.25) is 0 Å². The molecule has 0 bridgehead atoms. The van der Waals surface area contributed by atoms with Gasteiger partial charge in [-0.25, -0.2) is 9.59 Å². The Morgan fingerprint density at radius 2 is 1.37 bits per heavy atom. The number of hydrogen-bond acceptors (Lipinski definition) is 10. The number of nitrogens with one attached hydrogen (secondary N) is 1. The van der Waals surface area contributed by atoms with Crippen molar-refractivity contribution in [3.63, 3.8) is 0 Å². The fourth-order valence-electron chi connectivity index (χ4n) is 5.39. The lowest BCUT2D eigenvalue weighted by atomic mass is 10.1. The molecule has 1 aliphatic heterocycles. The molecule has 1 radical (unpaired) electrons. The molecular weight excluding hydrogens is 652 g/mol. The van der Waals surface area contributed by atoms with Crippen molar-refractivity contribution < 1.29 is 42.8 Å². The van der Waals surface area contributed by atoms with Gasteiger partial charge >= 0.3 is 18.2 Å². The Hall–Kier alpha value is -2.63. The minimum absolute atomic E-state index is 0.00415. The number of nitrogens with zero attached hydrogens (tertiary/aromatic N) is 1. The van der Waals surface area contributed by atoms with E-state index >= 15 is 0 Å². The number of unbranched alkanes of at least 4 members (excludes halogenated alkanes) is 7. The highest BCUT2D eigenvalue weighted by Gasteiger charge is 2.20. The second-order valence-electron chi connectivity index (χ2n) is 13.2. The van der Waals surface area contributed by atoms with Crippen LogP contribution < -0.4 is 5.32 Å². The predicted molar refractivity (Wildman–Crippen MR) is 201 cm³/mol. The lowest BCUT2D eigenvalue weighted by Crippen LogP contribution is -2.36. The van der Waals surface area contributed by atoms with Crippen molar-refractivity contribution in [1.29, 1.82) is 0 Å². The number of ether oxygens (including phenoxy) is 6. The van der Waals surface area contributed by atoms with Gasteiger partial charge in [0, 0.05) is 38.6 Å². The van der Waals surface area contributed by atoms with Crippen LogP contribution in [0.5, 0.6) is 0 Å². The maximum absolute atomic E-state index is 12.5. The van der Waals surface area contributed by atoms with E-state index in [4.69, 9.17) is 28.4 Å². The summed E-state index contributed by atoms with van der Waals surface area (Å²) >= 11 is 0. The normalized spacial score (nSPS) is 14.7. The van der Waals surface area contributed by atoms with Crippen molar-refractivity contribution in [3.8, 4) is 0 Å². The summed E-state index contributed by atoms with van der Waals surface area (Å²) in [5.41, 5.74) is 0. The zero-order chi connectivity index (χ0) is 37.2. The minimum Gasteiger partial charge on any atom is -0.465 e. The average Bonchev–Trinajstić information content (AvgIpc) is 3.65. The minimum atomic E-state index is -0.883. The highest BCUT2D eigenvalue weighted by atomic mass is 16.7. The first-order valence-electron chi connectivity index (χ1n) is 19.9. The molecule has 0 spiro atoms. The van der Waals surface area contributed by atoms with E-state index < -0.39 is 30.6 Å². The number of likely N-dealkylation sites (tertiary alicyclic amines) is 1. The van der Waals surface area contributed by atoms with Gasteiger partial charge in [-0.15, -0.1) is 0 Å². The van der Waals surface area contributed by atoms with E-state index in [1.807, 2.05) is 0 Å². The highest BCUT2D eigenvalue weighted by molar-refractivity contribution is 5.69. The molecule has 51 heavy (non-hydrogen) atoms. The van der Waals surface area contributed by atoms with Crippen LogP contribution in [0.3, 0.4) is 0 Å². The van der Waals surface area contributed by atoms with E-state index in [9.17, 15) is 14.4 Å². The molecule has 295 valence electrons. The van der Waals surface area contributed by atoms with Crippen LogP contribution in [-0.4, -0.2) is 94.7 Å². The standard InChI is InChI=1S/C40H71N2O9/c1-5-8-11-14-16-21-30-46-38(47-31-22-17-15-12-9-6-2)25-24-37(43)48-32-35(4)33-49-40(45)50-34-36(23-18-13-10-7-3)51-39(44)41-26-29-42-27-19-20-28-42/h8-9,11-12,35-36,38H,4-7,10,13-34H2,1-3H3,(H,41,44)/b11-8-,12-9-. The molecular formula is C40H71N2O9. The Bertz CT molecular complexity index is 900. The molecule has 11 heteroatoms. The van der Waals surface area contributed by atoms with E-state index in [2.05, 4.69) is 62.2 Å². The Labute approximate surface area is 309 Å². The zero-order valence-corrected chi connectivity index (χ0v) is 32.3. The van der Waals surface area contributed by atoms with Gasteiger partial charge in [-0.2, -0.15) is 0 Å². The summed E-state index contributed by atoms with van der Waals surface area (Å²) in [4.78, 5) is 39.5. The van der Waals surface area contributed by atoms with Gasteiger partial charge in [0.25, 0.3) is 0 Å². The van der Waals surface area contributed by atoms with E-state index in [-0.39, 0.29) is 32.2 Å². The summed E-state index contributed by atoms with van der Waals surface area (Å²) in [6.07, 6.45) is 21.9. The molecule has 11 nitrogen and oxygen atoms in total. The fraction of sp³-hybridized carbons (Fsp3) is 0.800. The van der Waals surface area contributed by atoms with Crippen molar-refractivity contribution in [2.45, 2.75) is 142 Å². The summed E-state index contributed by atoms with van der Waals surface area (Å²) in [5.74, 6) is -0.865. The first kappa shape index (κ1) is 46.4. The molecule has 1 fully saturated rings. The number of rotatable bonds is 32. The maximum Gasteiger partial charge on any atom is 0.508 e. The lowest BCUT2D eigenvalue weighted by Gasteiger charge is -2.20. The Morgan fingerprint density at radius 1 is 0.745 bits per heavy atom. The molecule has 1 amide bonds. The third-order valence-corrected chi connectivity index (χ3v) is 8.38. The molecule has 1 heterocycles. The van der Waals surface area contributed by atoms with Crippen LogP contribution in [0.25, 0.3) is 0 Å². The van der Waals surface area contributed by atoms with Crippen LogP contribution in [0.4, 0.5) is 9.59 Å². The van der Waals surface area contributed by atoms with Gasteiger partial charge in [0.15, 0.2) is 6.29 Å².